The van der Waals surface area contributed by atoms with Gasteiger partial charge < -0.3 is 9.84 Å². The maximum Gasteiger partial charge on any atom is 0.379 e. The highest BCUT2D eigenvalue weighted by Gasteiger charge is 2.41. The minimum atomic E-state index is -3.97. The van der Waals surface area contributed by atoms with Crippen molar-refractivity contribution in [2.24, 2.45) is 0 Å². The Morgan fingerprint density at radius 2 is 1.94 bits per heavy atom. The lowest BCUT2D eigenvalue weighted by atomic mass is 10.0. The minimum Gasteiger partial charge on any atom is -0.477 e. The number of esters is 1. The van der Waals surface area contributed by atoms with Gasteiger partial charge in [0.15, 0.2) is 0 Å². The lowest BCUT2D eigenvalue weighted by Crippen LogP contribution is -2.25. The topological polar surface area (TPSA) is 63.6 Å². The van der Waals surface area contributed by atoms with Gasteiger partial charge in [0.1, 0.15) is 0 Å². The van der Waals surface area contributed by atoms with Gasteiger partial charge in [0, 0.05) is 5.56 Å². The number of aryl methyl sites for hydroxylation is 1. The molecule has 0 aromatic heterocycles. The summed E-state index contributed by atoms with van der Waals surface area (Å²) in [7, 11) is 1.17. The van der Waals surface area contributed by atoms with E-state index in [0.29, 0.717) is 0 Å². The number of carbonyl (C=O) groups is 2. The Morgan fingerprint density at radius 3 is 2.35 bits per heavy atom. The summed E-state index contributed by atoms with van der Waals surface area (Å²) in [5.41, 5.74) is -0.317. The second kappa shape index (κ2) is 4.48. The number of carbonyl (C=O) groups excluding carboxylic acids is 1. The summed E-state index contributed by atoms with van der Waals surface area (Å²) in [4.78, 5) is 21.6. The van der Waals surface area contributed by atoms with Gasteiger partial charge in [0.25, 0.3) is 0 Å². The van der Waals surface area contributed by atoms with E-state index < -0.39 is 23.4 Å². The van der Waals surface area contributed by atoms with Crippen molar-refractivity contribution in [1.29, 1.82) is 0 Å². The lowest BCUT2D eigenvalue weighted by molar-refractivity contribution is -0.166. The molecule has 0 radical (unpaired) electrons. The van der Waals surface area contributed by atoms with Crippen molar-refractivity contribution in [3.05, 3.63) is 34.9 Å². The van der Waals surface area contributed by atoms with Gasteiger partial charge in [-0.15, -0.1) is 0 Å². The van der Waals surface area contributed by atoms with Crippen LogP contribution in [-0.2, 0) is 15.5 Å². The average Bonchev–Trinajstić information content (AvgIpc) is 2.27. The van der Waals surface area contributed by atoms with Gasteiger partial charge in [-0.2, -0.15) is 8.78 Å². The van der Waals surface area contributed by atoms with Gasteiger partial charge in [-0.3, -0.25) is 0 Å². The lowest BCUT2D eigenvalue weighted by Gasteiger charge is -2.13. The molecule has 0 spiro atoms. The fourth-order valence-corrected chi connectivity index (χ4v) is 1.32. The van der Waals surface area contributed by atoms with Crippen molar-refractivity contribution in [3.63, 3.8) is 0 Å². The molecular weight excluding hydrogens is 234 g/mol. The molecule has 0 aliphatic heterocycles. The molecule has 0 heterocycles. The summed E-state index contributed by atoms with van der Waals surface area (Å²) in [5, 5.41) is 8.37. The Hall–Kier alpha value is -1.98. The SMILES string of the molecule is COC(=O)c1ccc(C(F)(F)C(=O)O)cc1C. The van der Waals surface area contributed by atoms with Crippen LogP contribution in [0.25, 0.3) is 0 Å². The molecule has 0 fully saturated rings. The van der Waals surface area contributed by atoms with E-state index in [0.717, 1.165) is 18.2 Å². The van der Waals surface area contributed by atoms with Crippen molar-refractivity contribution in [3.8, 4) is 0 Å². The van der Waals surface area contributed by atoms with Crippen LogP contribution in [0.4, 0.5) is 8.78 Å². The van der Waals surface area contributed by atoms with Crippen LogP contribution in [0.5, 0.6) is 0 Å². The van der Waals surface area contributed by atoms with Crippen LogP contribution in [0.1, 0.15) is 21.5 Å². The van der Waals surface area contributed by atoms with Gasteiger partial charge in [-0.1, -0.05) is 6.07 Å². The number of hydrogen-bond acceptors (Lipinski definition) is 3. The molecule has 0 saturated carbocycles. The Bertz CT molecular complexity index is 469. The van der Waals surface area contributed by atoms with Crippen LogP contribution in [0.3, 0.4) is 0 Å². The van der Waals surface area contributed by atoms with Crippen LogP contribution in [-0.4, -0.2) is 24.2 Å². The summed E-state index contributed by atoms with van der Waals surface area (Å²) in [6, 6.07) is 2.97. The third-order valence-corrected chi connectivity index (χ3v) is 2.26. The number of ether oxygens (including phenoxy) is 1. The summed E-state index contributed by atoms with van der Waals surface area (Å²) < 4.78 is 30.8. The first-order valence-electron chi connectivity index (χ1n) is 4.61. The number of hydrogen-bond donors (Lipinski definition) is 1. The number of benzene rings is 1. The molecule has 1 N–H and O–H groups in total. The number of halogens is 2. The average molecular weight is 244 g/mol. The zero-order chi connectivity index (χ0) is 13.2. The highest BCUT2D eigenvalue weighted by atomic mass is 19.3. The van der Waals surface area contributed by atoms with Crippen LogP contribution < -0.4 is 0 Å². The molecule has 0 aliphatic rings. The highest BCUT2D eigenvalue weighted by molar-refractivity contribution is 5.91. The number of aliphatic carboxylic acids is 1. The predicted octanol–water partition coefficient (Wildman–Crippen LogP) is 1.96. The molecule has 0 aliphatic carbocycles. The molecule has 17 heavy (non-hydrogen) atoms. The first-order valence-corrected chi connectivity index (χ1v) is 4.61. The highest BCUT2D eigenvalue weighted by Crippen LogP contribution is 2.29. The molecule has 0 amide bonds. The Labute approximate surface area is 95.8 Å². The Kier molecular flexibility index (Phi) is 3.45. The van der Waals surface area contributed by atoms with Gasteiger partial charge in [-0.05, 0) is 24.6 Å². The van der Waals surface area contributed by atoms with Crippen LogP contribution >= 0.6 is 0 Å². The van der Waals surface area contributed by atoms with Crippen molar-refractivity contribution >= 4 is 11.9 Å². The molecule has 0 bridgehead atoms. The summed E-state index contributed by atoms with van der Waals surface area (Å²) >= 11 is 0. The van der Waals surface area contributed by atoms with Crippen molar-refractivity contribution in [2.75, 3.05) is 7.11 Å². The zero-order valence-corrected chi connectivity index (χ0v) is 9.16. The van der Waals surface area contributed by atoms with E-state index in [9.17, 15) is 18.4 Å². The number of carboxylic acids is 1. The first kappa shape index (κ1) is 13.1. The van der Waals surface area contributed by atoms with Gasteiger partial charge in [0.2, 0.25) is 0 Å². The van der Waals surface area contributed by atoms with Gasteiger partial charge >= 0.3 is 17.9 Å². The summed E-state index contributed by atoms with van der Waals surface area (Å²) in [6.07, 6.45) is 0. The van der Waals surface area contributed by atoms with Crippen LogP contribution in [0, 0.1) is 6.92 Å². The molecule has 0 saturated heterocycles. The molecule has 0 atom stereocenters. The maximum atomic E-state index is 13.2. The van der Waals surface area contributed by atoms with E-state index in [1.54, 1.807) is 0 Å². The molecule has 1 aromatic rings. The smallest absolute Gasteiger partial charge is 0.379 e. The third-order valence-electron chi connectivity index (χ3n) is 2.26. The van der Waals surface area contributed by atoms with Crippen molar-refractivity contribution < 1.29 is 28.2 Å². The molecule has 1 aromatic carbocycles. The van der Waals surface area contributed by atoms with E-state index in [-0.39, 0.29) is 11.1 Å². The molecule has 1 rings (SSSR count). The largest absolute Gasteiger partial charge is 0.477 e. The number of rotatable bonds is 3. The second-order valence-electron chi connectivity index (χ2n) is 3.40. The van der Waals surface area contributed by atoms with Crippen molar-refractivity contribution in [1.82, 2.24) is 0 Å². The Morgan fingerprint density at radius 1 is 1.35 bits per heavy atom. The fraction of sp³-hybridized carbons (Fsp3) is 0.273. The first-order chi connectivity index (χ1) is 7.80. The minimum absolute atomic E-state index is 0.123. The van der Waals surface area contributed by atoms with E-state index in [1.165, 1.54) is 14.0 Å². The normalized spacial score (nSPS) is 11.1. The zero-order valence-electron chi connectivity index (χ0n) is 9.16. The maximum absolute atomic E-state index is 13.2. The molecule has 92 valence electrons. The van der Waals surface area contributed by atoms with Gasteiger partial charge in [-0.25, -0.2) is 9.59 Å². The van der Waals surface area contributed by atoms with E-state index >= 15 is 0 Å². The Balaban J connectivity index is 3.22. The van der Waals surface area contributed by atoms with E-state index in [1.807, 2.05) is 0 Å². The quantitative estimate of drug-likeness (QED) is 0.825. The van der Waals surface area contributed by atoms with E-state index in [2.05, 4.69) is 4.74 Å². The molecule has 6 heteroatoms. The fourth-order valence-electron chi connectivity index (χ4n) is 1.32. The molecule has 4 nitrogen and oxygen atoms in total. The number of methoxy groups -OCH3 is 1. The van der Waals surface area contributed by atoms with Crippen LogP contribution in [0.2, 0.25) is 0 Å². The third kappa shape index (κ3) is 2.41. The van der Waals surface area contributed by atoms with Crippen LogP contribution in [0.15, 0.2) is 18.2 Å². The molecule has 0 unspecified atom stereocenters. The summed E-state index contributed by atoms with van der Waals surface area (Å²) in [6.45, 7) is 1.42. The summed E-state index contributed by atoms with van der Waals surface area (Å²) in [5.74, 6) is -6.87. The standard InChI is InChI=1S/C11H10F2O4/c1-6-5-7(11(12,13)10(15)16)3-4-8(6)9(14)17-2/h3-5H,1-2H3,(H,15,16). The van der Waals surface area contributed by atoms with Crippen molar-refractivity contribution in [2.45, 2.75) is 12.8 Å². The second-order valence-corrected chi connectivity index (χ2v) is 3.40. The predicted molar refractivity (Wildman–Crippen MR) is 54.0 cm³/mol. The number of carboxylic acid groups (broad SMARTS) is 1. The number of alkyl halides is 2. The monoisotopic (exact) mass is 244 g/mol. The van der Waals surface area contributed by atoms with Gasteiger partial charge in [0.05, 0.1) is 12.7 Å². The molecular formula is C11H10F2O4. The van der Waals surface area contributed by atoms with E-state index in [4.69, 9.17) is 5.11 Å².